The number of imide groups is 1. The van der Waals surface area contributed by atoms with Crippen LogP contribution in [0.1, 0.15) is 38.4 Å². The van der Waals surface area contributed by atoms with E-state index in [-0.39, 0.29) is 11.8 Å². The molecular weight excluding hydrogens is 432 g/mol. The van der Waals surface area contributed by atoms with Crippen LogP contribution < -0.4 is 0 Å². The van der Waals surface area contributed by atoms with E-state index in [1.165, 1.54) is 21.5 Å². The minimum Gasteiger partial charge on any atom is -0.332 e. The number of rotatable bonds is 4. The van der Waals surface area contributed by atoms with Crippen molar-refractivity contribution < 1.29 is 9.59 Å². The topological polar surface area (TPSA) is 58.4 Å². The molecule has 5 rings (SSSR count). The highest BCUT2D eigenvalue weighted by Crippen LogP contribution is 2.30. The lowest BCUT2D eigenvalue weighted by molar-refractivity contribution is 0.0646. The maximum absolute atomic E-state index is 12.5. The Morgan fingerprint density at radius 1 is 1.03 bits per heavy atom. The largest absolute Gasteiger partial charge is 0.332 e. The van der Waals surface area contributed by atoms with Crippen molar-refractivity contribution in [3.05, 3.63) is 63.4 Å². The fourth-order valence-corrected chi connectivity index (χ4v) is 4.85. The van der Waals surface area contributed by atoms with Crippen LogP contribution in [0.4, 0.5) is 0 Å². The monoisotopic (exact) mass is 452 g/mol. The van der Waals surface area contributed by atoms with E-state index in [0.717, 1.165) is 42.7 Å². The summed E-state index contributed by atoms with van der Waals surface area (Å²) in [6, 6.07) is 11.2. The van der Waals surface area contributed by atoms with Crippen LogP contribution in [0.3, 0.4) is 0 Å². The first kappa shape index (κ1) is 18.5. The molecule has 0 atom stereocenters. The molecule has 0 bridgehead atoms. The number of amides is 2. The number of nitrogens with zero attached hydrogens (tertiary/aromatic N) is 4. The van der Waals surface area contributed by atoms with Crippen molar-refractivity contribution in [3.8, 4) is 0 Å². The maximum Gasteiger partial charge on any atom is 0.261 e. The summed E-state index contributed by atoms with van der Waals surface area (Å²) in [5.41, 5.74) is 4.75. The van der Waals surface area contributed by atoms with Crippen molar-refractivity contribution in [1.82, 2.24) is 19.4 Å². The van der Waals surface area contributed by atoms with Crippen LogP contribution in [0.15, 0.2) is 41.0 Å². The van der Waals surface area contributed by atoms with Gasteiger partial charge in [-0.05, 0) is 52.2 Å². The van der Waals surface area contributed by atoms with E-state index < -0.39 is 0 Å². The van der Waals surface area contributed by atoms with Crippen molar-refractivity contribution in [2.75, 3.05) is 19.6 Å². The zero-order valence-corrected chi connectivity index (χ0v) is 17.8. The molecule has 0 N–H and O–H groups in total. The molecule has 2 aliphatic rings. The fourth-order valence-electron chi connectivity index (χ4n) is 4.55. The van der Waals surface area contributed by atoms with Gasteiger partial charge < -0.3 is 4.57 Å². The second kappa shape index (κ2) is 7.07. The van der Waals surface area contributed by atoms with Crippen LogP contribution in [-0.2, 0) is 20.0 Å². The number of aromatic nitrogens is 2. The summed E-state index contributed by atoms with van der Waals surface area (Å²) in [5.74, 6) is -0.338. The molecule has 6 nitrogen and oxygen atoms in total. The summed E-state index contributed by atoms with van der Waals surface area (Å²) in [7, 11) is 2.08. The van der Waals surface area contributed by atoms with Gasteiger partial charge >= 0.3 is 0 Å². The third kappa shape index (κ3) is 3.00. The van der Waals surface area contributed by atoms with E-state index >= 15 is 0 Å². The van der Waals surface area contributed by atoms with E-state index in [1.54, 1.807) is 24.3 Å². The van der Waals surface area contributed by atoms with Crippen molar-refractivity contribution >= 4 is 38.8 Å². The first-order valence-electron chi connectivity index (χ1n) is 9.85. The van der Waals surface area contributed by atoms with E-state index in [9.17, 15) is 9.59 Å². The zero-order valence-electron chi connectivity index (χ0n) is 16.2. The molecule has 7 heteroatoms. The van der Waals surface area contributed by atoms with Crippen LogP contribution >= 0.6 is 15.9 Å². The minimum absolute atomic E-state index is 0.169. The molecule has 2 aromatic heterocycles. The SMILES string of the molecule is Cn1c2c(c3ccc(Br)nc31)CN(CCCN1C(=O)c3ccccc3C1=O)CC2. The average molecular weight is 453 g/mol. The molecule has 0 radical (unpaired) electrons. The van der Waals surface area contributed by atoms with Crippen LogP contribution in [0.25, 0.3) is 11.0 Å². The number of halogens is 1. The molecule has 4 heterocycles. The molecule has 2 amide bonds. The van der Waals surface area contributed by atoms with Gasteiger partial charge in [-0.2, -0.15) is 0 Å². The molecule has 2 aliphatic heterocycles. The summed E-state index contributed by atoms with van der Waals surface area (Å²) >= 11 is 3.46. The van der Waals surface area contributed by atoms with Gasteiger partial charge in [-0.15, -0.1) is 0 Å². The Morgan fingerprint density at radius 3 is 2.48 bits per heavy atom. The summed E-state index contributed by atoms with van der Waals surface area (Å²) in [5, 5.41) is 1.20. The Balaban J connectivity index is 1.26. The smallest absolute Gasteiger partial charge is 0.261 e. The van der Waals surface area contributed by atoms with Crippen LogP contribution in [0.2, 0.25) is 0 Å². The highest BCUT2D eigenvalue weighted by atomic mass is 79.9. The standard InChI is InChI=1S/C22H21BrN4O2/c1-25-18-9-12-26(13-17(18)14-7-8-19(23)24-20(14)25)10-4-11-27-21(28)15-5-2-3-6-16(15)22(27)29/h2-3,5-8H,4,9-13H2,1H3. The first-order chi connectivity index (χ1) is 14.0. The summed E-state index contributed by atoms with van der Waals surface area (Å²) in [4.78, 5) is 33.4. The van der Waals surface area contributed by atoms with Crippen molar-refractivity contribution in [2.24, 2.45) is 7.05 Å². The van der Waals surface area contributed by atoms with Crippen LogP contribution in [-0.4, -0.2) is 50.8 Å². The summed E-state index contributed by atoms with van der Waals surface area (Å²) in [6.45, 7) is 3.16. The van der Waals surface area contributed by atoms with Crippen molar-refractivity contribution in [1.29, 1.82) is 0 Å². The maximum atomic E-state index is 12.5. The first-order valence-corrected chi connectivity index (χ1v) is 10.6. The Hall–Kier alpha value is -2.51. The van der Waals surface area contributed by atoms with Gasteiger partial charge in [0.15, 0.2) is 0 Å². The molecule has 0 saturated carbocycles. The van der Waals surface area contributed by atoms with Gasteiger partial charge in [0.25, 0.3) is 11.8 Å². The van der Waals surface area contributed by atoms with Gasteiger partial charge in [-0.3, -0.25) is 19.4 Å². The lowest BCUT2D eigenvalue weighted by atomic mass is 10.1. The molecule has 0 unspecified atom stereocenters. The van der Waals surface area contributed by atoms with E-state index in [1.807, 2.05) is 6.07 Å². The van der Waals surface area contributed by atoms with Gasteiger partial charge in [0.05, 0.1) is 11.1 Å². The third-order valence-electron chi connectivity index (χ3n) is 6.02. The number of benzene rings is 1. The number of pyridine rings is 1. The molecule has 0 fully saturated rings. The number of hydrogen-bond acceptors (Lipinski definition) is 4. The highest BCUT2D eigenvalue weighted by molar-refractivity contribution is 9.10. The summed E-state index contributed by atoms with van der Waals surface area (Å²) < 4.78 is 3.05. The molecule has 29 heavy (non-hydrogen) atoms. The molecule has 0 aliphatic carbocycles. The molecule has 0 saturated heterocycles. The Labute approximate surface area is 177 Å². The minimum atomic E-state index is -0.169. The third-order valence-corrected chi connectivity index (χ3v) is 6.46. The molecule has 148 valence electrons. The van der Waals surface area contributed by atoms with Crippen molar-refractivity contribution in [3.63, 3.8) is 0 Å². The second-order valence-corrected chi connectivity index (χ2v) is 8.49. The van der Waals surface area contributed by atoms with Crippen LogP contribution in [0.5, 0.6) is 0 Å². The zero-order chi connectivity index (χ0) is 20.1. The second-order valence-electron chi connectivity index (χ2n) is 7.68. The van der Waals surface area contributed by atoms with E-state index in [4.69, 9.17) is 0 Å². The van der Waals surface area contributed by atoms with Gasteiger partial charge in [-0.1, -0.05) is 12.1 Å². The quantitative estimate of drug-likeness (QED) is 0.449. The normalized spacial score (nSPS) is 16.6. The molecule has 3 aromatic rings. The number of fused-ring (bicyclic) bond motifs is 4. The average Bonchev–Trinajstić information content (AvgIpc) is 3.14. The van der Waals surface area contributed by atoms with Gasteiger partial charge in [0.2, 0.25) is 0 Å². The van der Waals surface area contributed by atoms with Crippen molar-refractivity contribution in [2.45, 2.75) is 19.4 Å². The Bertz CT molecular complexity index is 1120. The fraction of sp³-hybridized carbons (Fsp3) is 0.318. The Morgan fingerprint density at radius 2 is 1.76 bits per heavy atom. The number of aryl methyl sites for hydroxylation is 1. The van der Waals surface area contributed by atoms with Gasteiger partial charge in [-0.25, -0.2) is 4.98 Å². The van der Waals surface area contributed by atoms with Crippen LogP contribution in [0, 0.1) is 0 Å². The molecular formula is C22H21BrN4O2. The molecule has 0 spiro atoms. The lowest BCUT2D eigenvalue weighted by Gasteiger charge is -2.28. The molecule has 1 aromatic carbocycles. The van der Waals surface area contributed by atoms with E-state index in [2.05, 4.69) is 43.5 Å². The number of carbonyl (C=O) groups is 2. The van der Waals surface area contributed by atoms with E-state index in [0.29, 0.717) is 17.7 Å². The predicted octanol–water partition coefficient (Wildman–Crippen LogP) is 3.38. The predicted molar refractivity (Wildman–Crippen MR) is 114 cm³/mol. The van der Waals surface area contributed by atoms with Gasteiger partial charge in [0.1, 0.15) is 10.3 Å². The number of hydrogen-bond donors (Lipinski definition) is 0. The summed E-state index contributed by atoms with van der Waals surface area (Å²) in [6.07, 6.45) is 1.75. The highest BCUT2D eigenvalue weighted by Gasteiger charge is 2.34. The lowest BCUT2D eigenvalue weighted by Crippen LogP contribution is -2.35. The number of carbonyl (C=O) groups excluding carboxylic acids is 2. The Kier molecular flexibility index (Phi) is 4.52. The van der Waals surface area contributed by atoms with Gasteiger partial charge in [0, 0.05) is 50.7 Å².